The largest absolute Gasteiger partial charge is 0.343 e. The van der Waals surface area contributed by atoms with Crippen LogP contribution in [0.4, 0.5) is 0 Å². The summed E-state index contributed by atoms with van der Waals surface area (Å²) >= 11 is 0. The molecular weight excluding hydrogens is 366 g/mol. The fourth-order valence-corrected chi connectivity index (χ4v) is 2.93. The molecule has 2 heterocycles. The summed E-state index contributed by atoms with van der Waals surface area (Å²) in [5.41, 5.74) is 3.14. The Morgan fingerprint density at radius 2 is 1.72 bits per heavy atom. The van der Waals surface area contributed by atoms with Crippen molar-refractivity contribution in [2.45, 2.75) is 6.54 Å². The van der Waals surface area contributed by atoms with Crippen LogP contribution in [0.2, 0.25) is 0 Å². The molecule has 2 aromatic heterocycles. The highest BCUT2D eigenvalue weighted by Crippen LogP contribution is 2.27. The predicted octanol–water partition coefficient (Wildman–Crippen LogP) is 3.60. The van der Waals surface area contributed by atoms with E-state index in [0.717, 1.165) is 5.56 Å². The summed E-state index contributed by atoms with van der Waals surface area (Å²) in [6.45, 7) is 0.0884. The molecule has 1 N–H and O–H groups in total. The van der Waals surface area contributed by atoms with E-state index in [1.165, 1.54) is 0 Å². The van der Waals surface area contributed by atoms with Gasteiger partial charge in [-0.2, -0.15) is 10.2 Å². The zero-order valence-electron chi connectivity index (χ0n) is 15.2. The summed E-state index contributed by atoms with van der Waals surface area (Å²) in [6.07, 6.45) is 3.28. The standard InChI is InChI=1S/C22H15N5O2/c23-13-16-5-1-2-6-17(16)18-7-3-4-8-19(18)22(28)25-14-20-26-21(27-29-20)15-9-11-24-12-10-15/h1-12H,14H2,(H,25,28). The van der Waals surface area contributed by atoms with Gasteiger partial charge >= 0.3 is 0 Å². The van der Waals surface area contributed by atoms with Crippen LogP contribution in [0.3, 0.4) is 0 Å². The van der Waals surface area contributed by atoms with Crippen LogP contribution in [0.5, 0.6) is 0 Å². The molecule has 0 saturated carbocycles. The minimum atomic E-state index is -0.294. The highest BCUT2D eigenvalue weighted by atomic mass is 16.5. The average Bonchev–Trinajstić information content (AvgIpc) is 3.27. The van der Waals surface area contributed by atoms with Crippen LogP contribution in [-0.4, -0.2) is 21.0 Å². The molecule has 0 saturated heterocycles. The Kier molecular flexibility index (Phi) is 5.08. The number of nitriles is 1. The molecule has 0 atom stereocenters. The van der Waals surface area contributed by atoms with Crippen molar-refractivity contribution in [3.63, 3.8) is 0 Å². The number of rotatable bonds is 5. The lowest BCUT2D eigenvalue weighted by Gasteiger charge is -2.10. The van der Waals surface area contributed by atoms with Gasteiger partial charge in [-0.3, -0.25) is 9.78 Å². The molecule has 7 nitrogen and oxygen atoms in total. The lowest BCUT2D eigenvalue weighted by atomic mass is 9.95. The molecule has 0 bridgehead atoms. The molecule has 0 aliphatic rings. The maximum absolute atomic E-state index is 12.8. The van der Waals surface area contributed by atoms with E-state index < -0.39 is 0 Å². The third kappa shape index (κ3) is 3.87. The van der Waals surface area contributed by atoms with Crippen LogP contribution in [-0.2, 0) is 6.54 Å². The lowest BCUT2D eigenvalue weighted by molar-refractivity contribution is 0.0947. The average molecular weight is 381 g/mol. The summed E-state index contributed by atoms with van der Waals surface area (Å²) in [5, 5.41) is 16.1. The topological polar surface area (TPSA) is 105 Å². The third-order valence-electron chi connectivity index (χ3n) is 4.32. The van der Waals surface area contributed by atoms with Crippen LogP contribution >= 0.6 is 0 Å². The summed E-state index contributed by atoms with van der Waals surface area (Å²) in [7, 11) is 0. The fraction of sp³-hybridized carbons (Fsp3) is 0.0455. The SMILES string of the molecule is N#Cc1ccccc1-c1ccccc1C(=O)NCc1nc(-c2ccncc2)no1. The van der Waals surface area contributed by atoms with Gasteiger partial charge in [0, 0.05) is 29.1 Å². The van der Waals surface area contributed by atoms with E-state index in [4.69, 9.17) is 4.52 Å². The van der Waals surface area contributed by atoms with E-state index in [-0.39, 0.29) is 12.5 Å². The van der Waals surface area contributed by atoms with Crippen molar-refractivity contribution in [2.75, 3.05) is 0 Å². The number of nitrogens with one attached hydrogen (secondary N) is 1. The number of nitrogens with zero attached hydrogens (tertiary/aromatic N) is 4. The maximum Gasteiger partial charge on any atom is 0.252 e. The van der Waals surface area contributed by atoms with E-state index in [0.29, 0.717) is 34.0 Å². The highest BCUT2D eigenvalue weighted by Gasteiger charge is 2.16. The second-order valence-corrected chi connectivity index (χ2v) is 6.13. The van der Waals surface area contributed by atoms with E-state index in [1.54, 1.807) is 48.8 Å². The molecule has 4 aromatic rings. The number of amides is 1. The van der Waals surface area contributed by atoms with Gasteiger partial charge in [-0.25, -0.2) is 0 Å². The minimum absolute atomic E-state index is 0.0884. The number of carbonyl (C=O) groups excluding carboxylic acids is 1. The van der Waals surface area contributed by atoms with Crippen LogP contribution in [0.25, 0.3) is 22.5 Å². The van der Waals surface area contributed by atoms with Gasteiger partial charge in [0.15, 0.2) is 0 Å². The number of benzene rings is 2. The molecule has 140 valence electrons. The molecule has 0 fully saturated rings. The number of hydrogen-bond donors (Lipinski definition) is 1. The zero-order valence-corrected chi connectivity index (χ0v) is 15.2. The van der Waals surface area contributed by atoms with Crippen LogP contribution in [0.15, 0.2) is 77.6 Å². The smallest absolute Gasteiger partial charge is 0.252 e. The predicted molar refractivity (Wildman–Crippen MR) is 105 cm³/mol. The van der Waals surface area contributed by atoms with Crippen LogP contribution in [0, 0.1) is 11.3 Å². The van der Waals surface area contributed by atoms with Crippen molar-refractivity contribution in [3.8, 4) is 28.6 Å². The molecule has 0 radical (unpaired) electrons. The van der Waals surface area contributed by atoms with E-state index in [1.807, 2.05) is 24.3 Å². The second kappa shape index (κ2) is 8.15. The number of hydrogen-bond acceptors (Lipinski definition) is 6. The Labute approximate surface area is 166 Å². The molecule has 1 amide bonds. The quantitative estimate of drug-likeness (QED) is 0.566. The first-order chi connectivity index (χ1) is 14.3. The van der Waals surface area contributed by atoms with Gasteiger partial charge in [0.1, 0.15) is 0 Å². The first-order valence-corrected chi connectivity index (χ1v) is 8.86. The van der Waals surface area contributed by atoms with Gasteiger partial charge in [0.05, 0.1) is 18.2 Å². The molecule has 7 heteroatoms. The molecule has 2 aromatic carbocycles. The molecule has 0 aliphatic heterocycles. The Morgan fingerprint density at radius 3 is 2.52 bits per heavy atom. The van der Waals surface area contributed by atoms with Crippen molar-refractivity contribution in [1.29, 1.82) is 5.26 Å². The molecular formula is C22H15N5O2. The first kappa shape index (κ1) is 18.1. The van der Waals surface area contributed by atoms with E-state index >= 15 is 0 Å². The Balaban J connectivity index is 1.53. The van der Waals surface area contributed by atoms with Gasteiger partial charge in [0.2, 0.25) is 11.7 Å². The second-order valence-electron chi connectivity index (χ2n) is 6.13. The minimum Gasteiger partial charge on any atom is -0.343 e. The van der Waals surface area contributed by atoms with Gasteiger partial charge < -0.3 is 9.84 Å². The molecule has 4 rings (SSSR count). The van der Waals surface area contributed by atoms with Gasteiger partial charge in [-0.05, 0) is 29.8 Å². The number of aromatic nitrogens is 3. The summed E-state index contributed by atoms with van der Waals surface area (Å²) in [6, 6.07) is 20.0. The van der Waals surface area contributed by atoms with Crippen molar-refractivity contribution >= 4 is 5.91 Å². The Hall–Kier alpha value is -4.31. The van der Waals surface area contributed by atoms with E-state index in [9.17, 15) is 10.1 Å². The van der Waals surface area contributed by atoms with Crippen LogP contribution in [0.1, 0.15) is 21.8 Å². The molecule has 29 heavy (non-hydrogen) atoms. The van der Waals surface area contributed by atoms with Gasteiger partial charge in [-0.1, -0.05) is 41.6 Å². The molecule has 0 aliphatic carbocycles. The van der Waals surface area contributed by atoms with Gasteiger partial charge in [0.25, 0.3) is 5.91 Å². The maximum atomic E-state index is 12.8. The lowest BCUT2D eigenvalue weighted by Crippen LogP contribution is -2.23. The summed E-state index contributed by atoms with van der Waals surface area (Å²) < 4.78 is 5.22. The van der Waals surface area contributed by atoms with Crippen molar-refractivity contribution < 1.29 is 9.32 Å². The van der Waals surface area contributed by atoms with Crippen molar-refractivity contribution in [1.82, 2.24) is 20.4 Å². The zero-order chi connectivity index (χ0) is 20.1. The van der Waals surface area contributed by atoms with Gasteiger partial charge in [-0.15, -0.1) is 0 Å². The monoisotopic (exact) mass is 381 g/mol. The summed E-state index contributed by atoms with van der Waals surface area (Å²) in [5.74, 6) is 0.428. The third-order valence-corrected chi connectivity index (χ3v) is 4.32. The molecule has 0 unspecified atom stereocenters. The van der Waals surface area contributed by atoms with Crippen LogP contribution < -0.4 is 5.32 Å². The van der Waals surface area contributed by atoms with Crippen molar-refractivity contribution in [3.05, 3.63) is 90.1 Å². The molecule has 0 spiro atoms. The first-order valence-electron chi connectivity index (χ1n) is 8.86. The highest BCUT2D eigenvalue weighted by molar-refractivity contribution is 6.01. The van der Waals surface area contributed by atoms with Crippen molar-refractivity contribution in [2.24, 2.45) is 0 Å². The Bertz CT molecular complexity index is 1200. The summed E-state index contributed by atoms with van der Waals surface area (Å²) in [4.78, 5) is 21.0. The van der Waals surface area contributed by atoms with E-state index in [2.05, 4.69) is 26.5 Å². The number of pyridine rings is 1. The Morgan fingerprint density at radius 1 is 1.00 bits per heavy atom. The fourth-order valence-electron chi connectivity index (χ4n) is 2.93. The normalized spacial score (nSPS) is 10.3. The number of carbonyl (C=O) groups is 1.